The van der Waals surface area contributed by atoms with Crippen LogP contribution in [0, 0.1) is 0 Å². The molecule has 0 radical (unpaired) electrons. The minimum absolute atomic E-state index is 0.183. The molecule has 2 aromatic rings. The summed E-state index contributed by atoms with van der Waals surface area (Å²) in [5.74, 6) is 0.601. The lowest BCUT2D eigenvalue weighted by atomic mass is 10.2. The predicted octanol–water partition coefficient (Wildman–Crippen LogP) is 1.76. The van der Waals surface area contributed by atoms with Gasteiger partial charge in [0.1, 0.15) is 6.61 Å². The van der Waals surface area contributed by atoms with E-state index in [-0.39, 0.29) is 25.0 Å². The number of fused-ring (bicyclic) bond motifs is 1. The Labute approximate surface area is 114 Å². The monoisotopic (exact) mass is 276 g/mol. The lowest BCUT2D eigenvalue weighted by Gasteiger charge is -2.23. The first-order chi connectivity index (χ1) is 9.78. The van der Waals surface area contributed by atoms with Crippen molar-refractivity contribution >= 4 is 5.97 Å². The van der Waals surface area contributed by atoms with Gasteiger partial charge in [-0.1, -0.05) is 12.1 Å². The summed E-state index contributed by atoms with van der Waals surface area (Å²) in [6.07, 6.45) is -0.541. The van der Waals surface area contributed by atoms with Crippen LogP contribution in [-0.4, -0.2) is 29.4 Å². The zero-order chi connectivity index (χ0) is 13.9. The molecule has 0 fully saturated rings. The summed E-state index contributed by atoms with van der Waals surface area (Å²) in [5.41, 5.74) is 0. The van der Waals surface area contributed by atoms with E-state index in [1.165, 1.54) is 0 Å². The maximum atomic E-state index is 11.4. The van der Waals surface area contributed by atoms with Crippen LogP contribution in [0.3, 0.4) is 0 Å². The van der Waals surface area contributed by atoms with E-state index in [0.717, 1.165) is 0 Å². The number of carbonyl (C=O) groups excluding carboxylic acids is 1. The standard InChI is InChI=1S/C13H12N2O5/c1-2-17-13(16)12-15-14-11(20-12)10-7-18-8-5-3-4-6-9(8)19-10/h3-6,10H,2,7H2,1H3. The van der Waals surface area contributed by atoms with E-state index >= 15 is 0 Å². The Morgan fingerprint density at radius 1 is 1.35 bits per heavy atom. The second-order valence-electron chi connectivity index (χ2n) is 4.03. The first-order valence-corrected chi connectivity index (χ1v) is 6.17. The van der Waals surface area contributed by atoms with Crippen molar-refractivity contribution in [2.75, 3.05) is 13.2 Å². The molecule has 0 N–H and O–H groups in total. The van der Waals surface area contributed by atoms with Crippen molar-refractivity contribution in [2.24, 2.45) is 0 Å². The molecular weight excluding hydrogens is 264 g/mol. The van der Waals surface area contributed by atoms with E-state index in [2.05, 4.69) is 10.2 Å². The summed E-state index contributed by atoms with van der Waals surface area (Å²) < 4.78 is 21.3. The van der Waals surface area contributed by atoms with Crippen molar-refractivity contribution in [3.63, 3.8) is 0 Å². The fraction of sp³-hybridized carbons (Fsp3) is 0.308. The van der Waals surface area contributed by atoms with Gasteiger partial charge in [-0.05, 0) is 19.1 Å². The first-order valence-electron chi connectivity index (χ1n) is 6.17. The van der Waals surface area contributed by atoms with Crippen molar-refractivity contribution in [1.29, 1.82) is 0 Å². The van der Waals surface area contributed by atoms with Crippen LogP contribution in [0.25, 0.3) is 0 Å². The van der Waals surface area contributed by atoms with Crippen molar-refractivity contribution in [3.8, 4) is 11.5 Å². The molecular formula is C13H12N2O5. The van der Waals surface area contributed by atoms with Crippen molar-refractivity contribution in [2.45, 2.75) is 13.0 Å². The highest BCUT2D eigenvalue weighted by atomic mass is 16.6. The van der Waals surface area contributed by atoms with Gasteiger partial charge in [-0.2, -0.15) is 0 Å². The number of aromatic nitrogens is 2. The van der Waals surface area contributed by atoms with Crippen LogP contribution in [0.1, 0.15) is 29.6 Å². The molecule has 7 nitrogen and oxygen atoms in total. The third kappa shape index (κ3) is 2.29. The zero-order valence-electron chi connectivity index (χ0n) is 10.7. The third-order valence-corrected chi connectivity index (χ3v) is 2.67. The van der Waals surface area contributed by atoms with Crippen LogP contribution in [-0.2, 0) is 4.74 Å². The Kier molecular flexibility index (Phi) is 3.24. The van der Waals surface area contributed by atoms with Gasteiger partial charge in [0.25, 0.3) is 5.89 Å². The first kappa shape index (κ1) is 12.5. The Morgan fingerprint density at radius 3 is 2.95 bits per heavy atom. The van der Waals surface area contributed by atoms with Gasteiger partial charge in [-0.25, -0.2) is 4.79 Å². The van der Waals surface area contributed by atoms with Crippen LogP contribution in [0.2, 0.25) is 0 Å². The number of esters is 1. The van der Waals surface area contributed by atoms with E-state index < -0.39 is 12.1 Å². The molecule has 20 heavy (non-hydrogen) atoms. The van der Waals surface area contributed by atoms with Gasteiger partial charge in [-0.3, -0.25) is 0 Å². The molecule has 2 heterocycles. The fourth-order valence-electron chi connectivity index (χ4n) is 1.78. The highest BCUT2D eigenvalue weighted by Crippen LogP contribution is 2.35. The van der Waals surface area contributed by atoms with Crippen LogP contribution in [0.5, 0.6) is 11.5 Å². The number of para-hydroxylation sites is 2. The second kappa shape index (κ2) is 5.20. The van der Waals surface area contributed by atoms with Gasteiger partial charge < -0.3 is 18.6 Å². The van der Waals surface area contributed by atoms with Crippen molar-refractivity contribution in [1.82, 2.24) is 10.2 Å². The molecule has 104 valence electrons. The van der Waals surface area contributed by atoms with E-state index in [0.29, 0.717) is 11.5 Å². The van der Waals surface area contributed by atoms with Crippen molar-refractivity contribution < 1.29 is 23.4 Å². The summed E-state index contributed by atoms with van der Waals surface area (Å²) in [6.45, 7) is 2.18. The minimum Gasteiger partial charge on any atom is -0.485 e. The number of rotatable bonds is 3. The average Bonchev–Trinajstić information content (AvgIpc) is 2.97. The van der Waals surface area contributed by atoms with Gasteiger partial charge in [-0.15, -0.1) is 10.2 Å². The number of hydrogen-bond acceptors (Lipinski definition) is 7. The number of ether oxygens (including phenoxy) is 3. The Morgan fingerprint density at radius 2 is 2.15 bits per heavy atom. The SMILES string of the molecule is CCOC(=O)c1nnc(C2COc3ccccc3O2)o1. The second-order valence-corrected chi connectivity index (χ2v) is 4.03. The molecule has 0 amide bonds. The summed E-state index contributed by atoms with van der Waals surface area (Å²) in [7, 11) is 0. The number of hydrogen-bond donors (Lipinski definition) is 0. The molecule has 0 spiro atoms. The fourth-order valence-corrected chi connectivity index (χ4v) is 1.78. The van der Waals surface area contributed by atoms with Gasteiger partial charge in [0.05, 0.1) is 6.61 Å². The molecule has 0 aliphatic carbocycles. The quantitative estimate of drug-likeness (QED) is 0.789. The van der Waals surface area contributed by atoms with E-state index in [4.69, 9.17) is 18.6 Å². The lowest BCUT2D eigenvalue weighted by Crippen LogP contribution is -2.21. The molecule has 0 saturated heterocycles. The smallest absolute Gasteiger partial charge is 0.396 e. The van der Waals surface area contributed by atoms with Crippen molar-refractivity contribution in [3.05, 3.63) is 36.0 Å². The minimum atomic E-state index is -0.650. The molecule has 0 bridgehead atoms. The van der Waals surface area contributed by atoms with E-state index in [9.17, 15) is 4.79 Å². The van der Waals surface area contributed by atoms with Crippen LogP contribution < -0.4 is 9.47 Å². The Hall–Kier alpha value is -2.57. The normalized spacial score (nSPS) is 16.8. The average molecular weight is 276 g/mol. The molecule has 1 aromatic heterocycles. The molecule has 1 aliphatic heterocycles. The van der Waals surface area contributed by atoms with Crippen LogP contribution >= 0.6 is 0 Å². The van der Waals surface area contributed by atoms with Crippen LogP contribution in [0.4, 0.5) is 0 Å². The molecule has 1 atom stereocenters. The van der Waals surface area contributed by atoms with Gasteiger partial charge in [0, 0.05) is 0 Å². The van der Waals surface area contributed by atoms with E-state index in [1.807, 2.05) is 18.2 Å². The lowest BCUT2D eigenvalue weighted by molar-refractivity contribution is 0.0453. The van der Waals surface area contributed by atoms with Gasteiger partial charge >= 0.3 is 11.9 Å². The number of nitrogens with zero attached hydrogens (tertiary/aromatic N) is 2. The largest absolute Gasteiger partial charge is 0.485 e. The van der Waals surface area contributed by atoms with E-state index in [1.54, 1.807) is 13.0 Å². The maximum Gasteiger partial charge on any atom is 0.396 e. The predicted molar refractivity (Wildman–Crippen MR) is 65.6 cm³/mol. The third-order valence-electron chi connectivity index (χ3n) is 2.67. The Bertz CT molecular complexity index is 625. The summed E-state index contributed by atoms with van der Waals surface area (Å²) in [5, 5.41) is 7.43. The molecule has 1 aliphatic rings. The zero-order valence-corrected chi connectivity index (χ0v) is 10.7. The van der Waals surface area contributed by atoms with Gasteiger partial charge in [0.15, 0.2) is 11.5 Å². The summed E-state index contributed by atoms with van der Waals surface area (Å²) in [4.78, 5) is 11.4. The molecule has 7 heteroatoms. The highest BCUT2D eigenvalue weighted by molar-refractivity contribution is 5.83. The van der Waals surface area contributed by atoms with Gasteiger partial charge in [0.2, 0.25) is 6.10 Å². The molecule has 0 saturated carbocycles. The molecule has 1 unspecified atom stereocenters. The Balaban J connectivity index is 1.77. The van der Waals surface area contributed by atoms with Crippen LogP contribution in [0.15, 0.2) is 28.7 Å². The molecule has 3 rings (SSSR count). The summed E-state index contributed by atoms with van der Waals surface area (Å²) in [6, 6.07) is 7.28. The maximum absolute atomic E-state index is 11.4. The molecule has 1 aromatic carbocycles. The summed E-state index contributed by atoms with van der Waals surface area (Å²) >= 11 is 0. The number of carbonyl (C=O) groups is 1. The number of benzene rings is 1. The highest BCUT2D eigenvalue weighted by Gasteiger charge is 2.28. The topological polar surface area (TPSA) is 83.7 Å².